The van der Waals surface area contributed by atoms with E-state index in [0.717, 1.165) is 11.4 Å². The zero-order valence-electron chi connectivity index (χ0n) is 11.3. The molecule has 1 nitrogen and oxygen atoms in total. The van der Waals surface area contributed by atoms with E-state index in [4.69, 9.17) is 11.6 Å². The number of rotatable bonds is 1. The van der Waals surface area contributed by atoms with Crippen molar-refractivity contribution in [2.45, 2.75) is 32.2 Å². The van der Waals surface area contributed by atoms with Crippen molar-refractivity contribution >= 4 is 17.3 Å². The van der Waals surface area contributed by atoms with Crippen LogP contribution in [0.25, 0.3) is 0 Å². The van der Waals surface area contributed by atoms with Crippen LogP contribution in [0.1, 0.15) is 42.0 Å². The summed E-state index contributed by atoms with van der Waals surface area (Å²) < 4.78 is 0. The standard InChI is InChI=1S/C17H18ClN/c1-11-4-3-5-15-12(2)10-16(19-17(11)15)13-6-8-14(18)9-7-13/h3-9,12,16,19H,10H2,1-2H3/t12-,16+/m0/s1. The fraction of sp³-hybridized carbons (Fsp3) is 0.294. The molecule has 1 N–H and O–H groups in total. The number of nitrogens with one attached hydrogen (secondary N) is 1. The molecule has 0 aromatic heterocycles. The Labute approximate surface area is 119 Å². The number of para-hydroxylation sites is 1. The lowest BCUT2D eigenvalue weighted by Gasteiger charge is -2.33. The van der Waals surface area contributed by atoms with Crippen LogP contribution in [-0.2, 0) is 0 Å². The van der Waals surface area contributed by atoms with Crippen LogP contribution in [-0.4, -0.2) is 0 Å². The van der Waals surface area contributed by atoms with Gasteiger partial charge in [0.25, 0.3) is 0 Å². The van der Waals surface area contributed by atoms with Gasteiger partial charge < -0.3 is 5.32 Å². The molecule has 0 amide bonds. The van der Waals surface area contributed by atoms with E-state index < -0.39 is 0 Å². The Morgan fingerprint density at radius 1 is 1.11 bits per heavy atom. The summed E-state index contributed by atoms with van der Waals surface area (Å²) >= 11 is 5.97. The highest BCUT2D eigenvalue weighted by Gasteiger charge is 2.25. The normalized spacial score (nSPS) is 21.6. The molecule has 0 aliphatic carbocycles. The van der Waals surface area contributed by atoms with Crippen LogP contribution in [0.4, 0.5) is 5.69 Å². The van der Waals surface area contributed by atoms with Gasteiger partial charge in [-0.25, -0.2) is 0 Å². The van der Waals surface area contributed by atoms with Gasteiger partial charge in [0.05, 0.1) is 6.04 Å². The second-order valence-electron chi connectivity index (χ2n) is 5.42. The summed E-state index contributed by atoms with van der Waals surface area (Å²) in [5, 5.41) is 4.48. The first-order valence-electron chi connectivity index (χ1n) is 6.76. The Bertz CT molecular complexity index is 589. The summed E-state index contributed by atoms with van der Waals surface area (Å²) in [6.07, 6.45) is 1.12. The van der Waals surface area contributed by atoms with Crippen molar-refractivity contribution in [3.8, 4) is 0 Å². The van der Waals surface area contributed by atoms with E-state index in [-0.39, 0.29) is 0 Å². The summed E-state index contributed by atoms with van der Waals surface area (Å²) in [5.74, 6) is 0.580. The molecule has 0 radical (unpaired) electrons. The molecular weight excluding hydrogens is 254 g/mol. The minimum atomic E-state index is 0.376. The molecule has 1 aliphatic heterocycles. The lowest BCUT2D eigenvalue weighted by molar-refractivity contribution is 0.578. The Kier molecular flexibility index (Phi) is 3.24. The topological polar surface area (TPSA) is 12.0 Å². The van der Waals surface area contributed by atoms with Crippen LogP contribution in [0, 0.1) is 6.92 Å². The van der Waals surface area contributed by atoms with E-state index in [9.17, 15) is 0 Å². The van der Waals surface area contributed by atoms with E-state index in [1.165, 1.54) is 22.4 Å². The number of hydrogen-bond acceptors (Lipinski definition) is 1. The first-order chi connectivity index (χ1) is 9.15. The van der Waals surface area contributed by atoms with Crippen LogP contribution in [0.5, 0.6) is 0 Å². The van der Waals surface area contributed by atoms with Crippen molar-refractivity contribution in [3.05, 3.63) is 64.2 Å². The van der Waals surface area contributed by atoms with Gasteiger partial charge in [-0.15, -0.1) is 0 Å². The van der Waals surface area contributed by atoms with Crippen molar-refractivity contribution in [1.82, 2.24) is 0 Å². The fourth-order valence-corrected chi connectivity index (χ4v) is 3.05. The van der Waals surface area contributed by atoms with Crippen molar-refractivity contribution in [2.24, 2.45) is 0 Å². The molecule has 0 bridgehead atoms. The van der Waals surface area contributed by atoms with E-state index in [2.05, 4.69) is 49.5 Å². The summed E-state index contributed by atoms with van der Waals surface area (Å²) in [6, 6.07) is 15.1. The fourth-order valence-electron chi connectivity index (χ4n) is 2.93. The molecule has 2 aromatic rings. The quantitative estimate of drug-likeness (QED) is 0.741. The predicted molar refractivity (Wildman–Crippen MR) is 82.0 cm³/mol. The minimum Gasteiger partial charge on any atom is -0.378 e. The SMILES string of the molecule is Cc1cccc2c1N[C@@H](c1ccc(Cl)cc1)C[C@@H]2C. The Morgan fingerprint density at radius 3 is 2.58 bits per heavy atom. The third-order valence-electron chi connectivity index (χ3n) is 4.02. The lowest BCUT2D eigenvalue weighted by atomic mass is 9.84. The van der Waals surface area contributed by atoms with Crippen molar-refractivity contribution < 1.29 is 0 Å². The number of hydrogen-bond donors (Lipinski definition) is 1. The number of fused-ring (bicyclic) bond motifs is 1. The summed E-state index contributed by atoms with van der Waals surface area (Å²) in [7, 11) is 0. The zero-order chi connectivity index (χ0) is 13.4. The average Bonchev–Trinajstić information content (AvgIpc) is 2.41. The van der Waals surface area contributed by atoms with Gasteiger partial charge in [0, 0.05) is 10.7 Å². The van der Waals surface area contributed by atoms with Crippen molar-refractivity contribution in [1.29, 1.82) is 0 Å². The Hall–Kier alpha value is -1.47. The van der Waals surface area contributed by atoms with Crippen LogP contribution >= 0.6 is 11.6 Å². The summed E-state index contributed by atoms with van der Waals surface area (Å²) in [5.41, 5.74) is 5.37. The molecule has 98 valence electrons. The molecule has 2 aromatic carbocycles. The first-order valence-corrected chi connectivity index (χ1v) is 7.14. The number of benzene rings is 2. The molecule has 0 fully saturated rings. The highest BCUT2D eigenvalue weighted by atomic mass is 35.5. The molecule has 3 rings (SSSR count). The van der Waals surface area contributed by atoms with E-state index in [1.54, 1.807) is 0 Å². The molecule has 2 atom stereocenters. The Balaban J connectivity index is 1.96. The zero-order valence-corrected chi connectivity index (χ0v) is 12.0. The lowest BCUT2D eigenvalue weighted by Crippen LogP contribution is -2.21. The molecule has 2 heteroatoms. The Morgan fingerprint density at radius 2 is 1.84 bits per heavy atom. The van der Waals surface area contributed by atoms with Crippen LogP contribution < -0.4 is 5.32 Å². The van der Waals surface area contributed by atoms with E-state index in [0.29, 0.717) is 12.0 Å². The third kappa shape index (κ3) is 2.35. The molecule has 1 heterocycles. The largest absolute Gasteiger partial charge is 0.378 e. The van der Waals surface area contributed by atoms with Gasteiger partial charge in [-0.1, -0.05) is 48.9 Å². The summed E-state index contributed by atoms with van der Waals surface area (Å²) in [4.78, 5) is 0. The number of aryl methyl sites for hydroxylation is 1. The number of halogens is 1. The highest BCUT2D eigenvalue weighted by molar-refractivity contribution is 6.30. The van der Waals surface area contributed by atoms with Gasteiger partial charge in [0.1, 0.15) is 0 Å². The first kappa shape index (κ1) is 12.6. The van der Waals surface area contributed by atoms with Crippen molar-refractivity contribution in [2.75, 3.05) is 5.32 Å². The molecule has 19 heavy (non-hydrogen) atoms. The highest BCUT2D eigenvalue weighted by Crippen LogP contribution is 2.41. The van der Waals surface area contributed by atoms with Gasteiger partial charge >= 0.3 is 0 Å². The van der Waals surface area contributed by atoms with Gasteiger partial charge in [-0.2, -0.15) is 0 Å². The van der Waals surface area contributed by atoms with E-state index >= 15 is 0 Å². The molecule has 0 saturated carbocycles. The third-order valence-corrected chi connectivity index (χ3v) is 4.27. The summed E-state index contributed by atoms with van der Waals surface area (Å²) in [6.45, 7) is 4.48. The van der Waals surface area contributed by atoms with Gasteiger partial charge in [-0.05, 0) is 48.1 Å². The molecule has 0 spiro atoms. The van der Waals surface area contributed by atoms with Gasteiger partial charge in [0.2, 0.25) is 0 Å². The van der Waals surface area contributed by atoms with E-state index in [1.807, 2.05) is 12.1 Å². The van der Waals surface area contributed by atoms with Gasteiger partial charge in [-0.3, -0.25) is 0 Å². The van der Waals surface area contributed by atoms with Gasteiger partial charge in [0.15, 0.2) is 0 Å². The smallest absolute Gasteiger partial charge is 0.0519 e. The van der Waals surface area contributed by atoms with Crippen molar-refractivity contribution in [3.63, 3.8) is 0 Å². The maximum absolute atomic E-state index is 5.97. The molecule has 0 unspecified atom stereocenters. The minimum absolute atomic E-state index is 0.376. The van der Waals surface area contributed by atoms with Crippen LogP contribution in [0.2, 0.25) is 5.02 Å². The second kappa shape index (κ2) is 4.90. The predicted octanol–water partition coefficient (Wildman–Crippen LogP) is 5.31. The molecule has 1 aliphatic rings. The monoisotopic (exact) mass is 271 g/mol. The second-order valence-corrected chi connectivity index (χ2v) is 5.86. The van der Waals surface area contributed by atoms with Crippen LogP contribution in [0.3, 0.4) is 0 Å². The molecule has 0 saturated heterocycles. The molecular formula is C17H18ClN. The maximum atomic E-state index is 5.97. The van der Waals surface area contributed by atoms with Crippen LogP contribution in [0.15, 0.2) is 42.5 Å². The maximum Gasteiger partial charge on any atom is 0.0519 e. The number of anilines is 1. The average molecular weight is 272 g/mol.